The first-order chi connectivity index (χ1) is 12.4. The summed E-state index contributed by atoms with van der Waals surface area (Å²) in [7, 11) is 1.39. The normalized spacial score (nSPS) is 12.4. The summed E-state index contributed by atoms with van der Waals surface area (Å²) in [4.78, 5) is 7.15. The smallest absolute Gasteiger partial charge is 0.242 e. The average Bonchev–Trinajstić information content (AvgIpc) is 3.10. The monoisotopic (exact) mass is 394 g/mol. The maximum absolute atomic E-state index is 12.1. The van der Waals surface area contributed by atoms with Crippen LogP contribution in [0.5, 0.6) is 0 Å². The first-order valence-electron chi connectivity index (χ1n) is 8.40. The molecule has 0 saturated carbocycles. The molecule has 1 aromatic heterocycles. The summed E-state index contributed by atoms with van der Waals surface area (Å²) in [5.74, 6) is 0.710. The molecule has 0 aliphatic heterocycles. The average molecular weight is 395 g/mol. The lowest BCUT2D eigenvalue weighted by Crippen LogP contribution is -2.36. The molecular formula is C18H26N4O2S2. The van der Waals surface area contributed by atoms with Crippen molar-refractivity contribution in [2.45, 2.75) is 31.3 Å². The number of rotatable bonds is 7. The zero-order valence-corrected chi connectivity index (χ0v) is 17.2. The summed E-state index contributed by atoms with van der Waals surface area (Å²) in [6.45, 7) is 3.44. The number of guanidine groups is 1. The summed E-state index contributed by atoms with van der Waals surface area (Å²) >= 11 is 1.80. The van der Waals surface area contributed by atoms with Crippen molar-refractivity contribution in [3.63, 3.8) is 0 Å². The molecule has 2 aromatic rings. The molecule has 0 atom stereocenters. The number of nitrogens with zero attached hydrogens (tertiary/aromatic N) is 2. The Labute approximate surface area is 160 Å². The SMILES string of the molecule is CCc1ccc(CNC(=NC)NCc2ccc(S(=O)(=O)N(C)C)cc2)s1. The van der Waals surface area contributed by atoms with Crippen LogP contribution in [0.25, 0.3) is 0 Å². The van der Waals surface area contributed by atoms with E-state index in [1.54, 1.807) is 30.5 Å². The number of hydrogen-bond acceptors (Lipinski definition) is 4. The molecule has 26 heavy (non-hydrogen) atoms. The van der Waals surface area contributed by atoms with Crippen LogP contribution in [0.15, 0.2) is 46.3 Å². The third-order valence-corrected chi connectivity index (χ3v) is 6.94. The van der Waals surface area contributed by atoms with Crippen LogP contribution in [-0.4, -0.2) is 39.8 Å². The molecule has 0 fully saturated rings. The van der Waals surface area contributed by atoms with Crippen molar-refractivity contribution >= 4 is 27.3 Å². The molecule has 0 aliphatic carbocycles. The highest BCUT2D eigenvalue weighted by molar-refractivity contribution is 7.89. The zero-order chi connectivity index (χ0) is 19.2. The van der Waals surface area contributed by atoms with Gasteiger partial charge in [0.05, 0.1) is 11.4 Å². The van der Waals surface area contributed by atoms with E-state index in [0.29, 0.717) is 12.5 Å². The van der Waals surface area contributed by atoms with Crippen LogP contribution < -0.4 is 10.6 Å². The molecular weight excluding hydrogens is 368 g/mol. The van der Waals surface area contributed by atoms with Crippen molar-refractivity contribution < 1.29 is 8.42 Å². The number of thiophene rings is 1. The van der Waals surface area contributed by atoms with Gasteiger partial charge in [-0.25, -0.2) is 12.7 Å². The predicted octanol–water partition coefficient (Wildman–Crippen LogP) is 2.43. The Kier molecular flexibility index (Phi) is 7.19. The van der Waals surface area contributed by atoms with E-state index in [1.165, 1.54) is 28.2 Å². The molecule has 142 valence electrons. The van der Waals surface area contributed by atoms with E-state index < -0.39 is 10.0 Å². The third-order valence-electron chi connectivity index (χ3n) is 3.88. The Bertz CT molecular complexity index is 840. The molecule has 0 bridgehead atoms. The van der Waals surface area contributed by atoms with Gasteiger partial charge in [-0.15, -0.1) is 11.3 Å². The maximum atomic E-state index is 12.1. The molecule has 6 nitrogen and oxygen atoms in total. The van der Waals surface area contributed by atoms with Crippen molar-refractivity contribution in [1.82, 2.24) is 14.9 Å². The molecule has 0 amide bonds. The quantitative estimate of drug-likeness (QED) is 0.559. The number of aliphatic imine (C=N–C) groups is 1. The molecule has 8 heteroatoms. The van der Waals surface area contributed by atoms with E-state index in [9.17, 15) is 8.42 Å². The molecule has 0 unspecified atom stereocenters. The summed E-state index contributed by atoms with van der Waals surface area (Å²) in [6, 6.07) is 11.2. The van der Waals surface area contributed by atoms with Crippen molar-refractivity contribution in [2.24, 2.45) is 4.99 Å². The largest absolute Gasteiger partial charge is 0.352 e. The number of hydrogen-bond donors (Lipinski definition) is 2. The van der Waals surface area contributed by atoms with Gasteiger partial charge in [-0.2, -0.15) is 0 Å². The third kappa shape index (κ3) is 5.30. The molecule has 0 saturated heterocycles. The van der Waals surface area contributed by atoms with Crippen molar-refractivity contribution in [3.05, 3.63) is 51.7 Å². The van der Waals surface area contributed by atoms with E-state index in [0.717, 1.165) is 18.5 Å². The number of sulfonamides is 1. The predicted molar refractivity (Wildman–Crippen MR) is 108 cm³/mol. The summed E-state index contributed by atoms with van der Waals surface area (Å²) in [5, 5.41) is 6.53. The van der Waals surface area contributed by atoms with Crippen LogP contribution in [0.4, 0.5) is 0 Å². The van der Waals surface area contributed by atoms with Crippen molar-refractivity contribution in [2.75, 3.05) is 21.1 Å². The fourth-order valence-electron chi connectivity index (χ4n) is 2.27. The molecule has 1 heterocycles. The zero-order valence-electron chi connectivity index (χ0n) is 15.6. The molecule has 2 N–H and O–H groups in total. The summed E-state index contributed by atoms with van der Waals surface area (Å²) in [5.41, 5.74) is 0.982. The fraction of sp³-hybridized carbons (Fsp3) is 0.389. The highest BCUT2D eigenvalue weighted by Gasteiger charge is 2.16. The fourth-order valence-corrected chi connectivity index (χ4v) is 4.07. The molecule has 1 aromatic carbocycles. The standard InChI is InChI=1S/C18H26N4O2S2/c1-5-15-8-9-16(25-15)13-21-18(19-2)20-12-14-6-10-17(11-7-14)26(23,24)22(3)4/h6-11H,5,12-13H2,1-4H3,(H2,19,20,21). The Balaban J connectivity index is 1.90. The Morgan fingerprint density at radius 3 is 2.19 bits per heavy atom. The van der Waals surface area contributed by atoms with Gasteiger partial charge in [0.15, 0.2) is 5.96 Å². The molecule has 0 spiro atoms. The lowest BCUT2D eigenvalue weighted by Gasteiger charge is -2.13. The highest BCUT2D eigenvalue weighted by atomic mass is 32.2. The van der Waals surface area contributed by atoms with E-state index in [2.05, 4.69) is 34.7 Å². The van der Waals surface area contributed by atoms with E-state index >= 15 is 0 Å². The lowest BCUT2D eigenvalue weighted by molar-refractivity contribution is 0.520. The maximum Gasteiger partial charge on any atom is 0.242 e. The van der Waals surface area contributed by atoms with Gasteiger partial charge in [0.25, 0.3) is 0 Å². The van der Waals surface area contributed by atoms with E-state index in [1.807, 2.05) is 12.1 Å². The number of aryl methyl sites for hydroxylation is 1. The van der Waals surface area contributed by atoms with Crippen molar-refractivity contribution in [3.8, 4) is 0 Å². The van der Waals surface area contributed by atoms with Gasteiger partial charge >= 0.3 is 0 Å². The molecule has 2 rings (SSSR count). The minimum atomic E-state index is -3.39. The summed E-state index contributed by atoms with van der Waals surface area (Å²) < 4.78 is 25.4. The van der Waals surface area contributed by atoms with Crippen LogP contribution in [0.1, 0.15) is 22.2 Å². The van der Waals surface area contributed by atoms with Crippen LogP contribution in [0.2, 0.25) is 0 Å². The number of benzene rings is 1. The van der Waals surface area contributed by atoms with Crippen LogP contribution in [0, 0.1) is 0 Å². The van der Waals surface area contributed by atoms with Gasteiger partial charge in [0.1, 0.15) is 0 Å². The first kappa shape index (κ1) is 20.4. The minimum absolute atomic E-state index is 0.290. The van der Waals surface area contributed by atoms with Gasteiger partial charge in [0, 0.05) is 37.4 Å². The van der Waals surface area contributed by atoms with Gasteiger partial charge in [-0.1, -0.05) is 19.1 Å². The summed E-state index contributed by atoms with van der Waals surface area (Å²) in [6.07, 6.45) is 1.05. The second kappa shape index (κ2) is 9.16. The van der Waals surface area contributed by atoms with E-state index in [4.69, 9.17) is 0 Å². The first-order valence-corrected chi connectivity index (χ1v) is 10.7. The van der Waals surface area contributed by atoms with E-state index in [-0.39, 0.29) is 4.90 Å². The van der Waals surface area contributed by atoms with Gasteiger partial charge < -0.3 is 10.6 Å². The topological polar surface area (TPSA) is 73.8 Å². The van der Waals surface area contributed by atoms with Crippen LogP contribution in [0.3, 0.4) is 0 Å². The Morgan fingerprint density at radius 1 is 1.04 bits per heavy atom. The second-order valence-electron chi connectivity index (χ2n) is 5.93. The van der Waals surface area contributed by atoms with Crippen LogP contribution >= 0.6 is 11.3 Å². The number of nitrogens with one attached hydrogen (secondary N) is 2. The molecule has 0 aliphatic rings. The van der Waals surface area contributed by atoms with Gasteiger partial charge in [-0.3, -0.25) is 4.99 Å². The van der Waals surface area contributed by atoms with Crippen LogP contribution in [-0.2, 0) is 29.5 Å². The highest BCUT2D eigenvalue weighted by Crippen LogP contribution is 2.16. The second-order valence-corrected chi connectivity index (χ2v) is 9.34. The Hall–Kier alpha value is -1.90. The Morgan fingerprint density at radius 2 is 1.65 bits per heavy atom. The molecule has 0 radical (unpaired) electrons. The van der Waals surface area contributed by atoms with Crippen molar-refractivity contribution in [1.29, 1.82) is 0 Å². The lowest BCUT2D eigenvalue weighted by atomic mass is 10.2. The van der Waals surface area contributed by atoms with Gasteiger partial charge in [-0.05, 0) is 36.2 Å². The minimum Gasteiger partial charge on any atom is -0.352 e. The van der Waals surface area contributed by atoms with Gasteiger partial charge in [0.2, 0.25) is 10.0 Å².